The quantitative estimate of drug-likeness (QED) is 0.906. The minimum Gasteiger partial charge on any atom is -0.353 e. The molecular weight excluding hydrogens is 302 g/mol. The van der Waals surface area contributed by atoms with Gasteiger partial charge in [-0.2, -0.15) is 0 Å². The maximum Gasteiger partial charge on any atom is 0.239 e. The van der Waals surface area contributed by atoms with E-state index in [9.17, 15) is 4.79 Å². The summed E-state index contributed by atoms with van der Waals surface area (Å²) in [6.07, 6.45) is 0. The number of piperazine rings is 1. The summed E-state index contributed by atoms with van der Waals surface area (Å²) in [6, 6.07) is 1.58. The van der Waals surface area contributed by atoms with Crippen molar-refractivity contribution in [2.45, 2.75) is 39.7 Å². The van der Waals surface area contributed by atoms with Gasteiger partial charge in [0.1, 0.15) is 11.6 Å². The molecule has 0 bridgehead atoms. The van der Waals surface area contributed by atoms with Gasteiger partial charge in [0.15, 0.2) is 0 Å². The lowest BCUT2D eigenvalue weighted by Gasteiger charge is -2.36. The summed E-state index contributed by atoms with van der Waals surface area (Å²) < 4.78 is 0. The van der Waals surface area contributed by atoms with Gasteiger partial charge in [-0.1, -0.05) is 13.8 Å². The Balaban J connectivity index is 0.00000242. The van der Waals surface area contributed by atoms with Crippen LogP contribution in [0.15, 0.2) is 6.07 Å². The number of halogens is 1. The van der Waals surface area contributed by atoms with Crippen LogP contribution < -0.4 is 10.6 Å². The normalized spacial score (nSPS) is 16.5. The first-order chi connectivity index (χ1) is 9.88. The fraction of sp³-hybridized carbons (Fsp3) is 0.667. The zero-order valence-electron chi connectivity index (χ0n) is 13.7. The van der Waals surface area contributed by atoms with Crippen LogP contribution >= 0.6 is 12.4 Å². The van der Waals surface area contributed by atoms with Crippen molar-refractivity contribution in [2.24, 2.45) is 5.73 Å². The van der Waals surface area contributed by atoms with Crippen molar-refractivity contribution >= 4 is 24.1 Å². The highest BCUT2D eigenvalue weighted by atomic mass is 35.5. The number of rotatable bonds is 3. The third-order valence-corrected chi connectivity index (χ3v) is 3.68. The van der Waals surface area contributed by atoms with Crippen LogP contribution in [0.3, 0.4) is 0 Å². The first-order valence-electron chi connectivity index (χ1n) is 7.53. The second-order valence-corrected chi connectivity index (χ2v) is 5.98. The van der Waals surface area contributed by atoms with Gasteiger partial charge in [0.05, 0.1) is 6.04 Å². The molecule has 124 valence electrons. The maximum atomic E-state index is 11.9. The Morgan fingerprint density at radius 3 is 2.27 bits per heavy atom. The molecule has 2 heterocycles. The molecule has 0 spiro atoms. The highest BCUT2D eigenvalue weighted by molar-refractivity contribution is 5.85. The van der Waals surface area contributed by atoms with Gasteiger partial charge in [-0.3, -0.25) is 4.79 Å². The van der Waals surface area contributed by atoms with Gasteiger partial charge in [0, 0.05) is 43.9 Å². The molecule has 6 nitrogen and oxygen atoms in total. The topological polar surface area (TPSA) is 75.3 Å². The molecule has 0 aliphatic carbocycles. The average Bonchev–Trinajstić information content (AvgIpc) is 2.45. The smallest absolute Gasteiger partial charge is 0.239 e. The largest absolute Gasteiger partial charge is 0.353 e. The SMILES string of the molecule is Cc1cc(N2CCN(C(=O)C(C)N)CC2)nc(C(C)C)n1.Cl. The van der Waals surface area contributed by atoms with Gasteiger partial charge in [-0.15, -0.1) is 12.4 Å². The van der Waals surface area contributed by atoms with Gasteiger partial charge >= 0.3 is 0 Å². The molecule has 1 unspecified atom stereocenters. The van der Waals surface area contributed by atoms with E-state index in [0.717, 1.165) is 30.4 Å². The van der Waals surface area contributed by atoms with Gasteiger partial charge in [-0.05, 0) is 13.8 Å². The molecule has 1 atom stereocenters. The van der Waals surface area contributed by atoms with Crippen molar-refractivity contribution in [3.63, 3.8) is 0 Å². The van der Waals surface area contributed by atoms with Crippen molar-refractivity contribution in [1.29, 1.82) is 0 Å². The van der Waals surface area contributed by atoms with E-state index in [-0.39, 0.29) is 18.3 Å². The molecule has 7 heteroatoms. The van der Waals surface area contributed by atoms with E-state index in [1.807, 2.05) is 17.9 Å². The molecule has 22 heavy (non-hydrogen) atoms. The lowest BCUT2D eigenvalue weighted by molar-refractivity contribution is -0.132. The van der Waals surface area contributed by atoms with Gasteiger partial charge in [0.25, 0.3) is 0 Å². The van der Waals surface area contributed by atoms with E-state index in [1.165, 1.54) is 0 Å². The van der Waals surface area contributed by atoms with E-state index in [0.29, 0.717) is 19.0 Å². The molecule has 1 aliphatic heterocycles. The van der Waals surface area contributed by atoms with Crippen molar-refractivity contribution in [1.82, 2.24) is 14.9 Å². The van der Waals surface area contributed by atoms with Crippen molar-refractivity contribution in [2.75, 3.05) is 31.1 Å². The Labute approximate surface area is 138 Å². The highest BCUT2D eigenvalue weighted by Crippen LogP contribution is 2.18. The third kappa shape index (κ3) is 4.30. The summed E-state index contributed by atoms with van der Waals surface area (Å²) in [7, 11) is 0. The number of nitrogens with zero attached hydrogens (tertiary/aromatic N) is 4. The summed E-state index contributed by atoms with van der Waals surface area (Å²) in [5.74, 6) is 2.17. The first kappa shape index (κ1) is 18.6. The Morgan fingerprint density at radius 2 is 1.77 bits per heavy atom. The van der Waals surface area contributed by atoms with Crippen molar-refractivity contribution in [3.8, 4) is 0 Å². The summed E-state index contributed by atoms with van der Waals surface area (Å²) in [5, 5.41) is 0. The molecule has 0 aromatic carbocycles. The van der Waals surface area contributed by atoms with E-state index >= 15 is 0 Å². The lowest BCUT2D eigenvalue weighted by Crippen LogP contribution is -2.52. The van der Waals surface area contributed by atoms with Crippen LogP contribution in [-0.4, -0.2) is 53.0 Å². The van der Waals surface area contributed by atoms with Crippen molar-refractivity contribution in [3.05, 3.63) is 17.6 Å². The number of amides is 1. The number of carbonyl (C=O) groups is 1. The molecule has 2 rings (SSSR count). The number of aryl methyl sites for hydroxylation is 1. The Hall–Kier alpha value is -1.40. The van der Waals surface area contributed by atoms with E-state index in [4.69, 9.17) is 5.73 Å². The van der Waals surface area contributed by atoms with Gasteiger partial charge < -0.3 is 15.5 Å². The molecule has 0 saturated carbocycles. The zero-order chi connectivity index (χ0) is 15.6. The number of carbonyl (C=O) groups excluding carboxylic acids is 1. The fourth-order valence-electron chi connectivity index (χ4n) is 2.44. The number of nitrogens with two attached hydrogens (primary N) is 1. The van der Waals surface area contributed by atoms with Crippen LogP contribution in [0.1, 0.15) is 38.2 Å². The minimum absolute atomic E-state index is 0. The van der Waals surface area contributed by atoms with Crippen LogP contribution in [0.2, 0.25) is 0 Å². The van der Waals surface area contributed by atoms with E-state index < -0.39 is 6.04 Å². The average molecular weight is 328 g/mol. The summed E-state index contributed by atoms with van der Waals surface area (Å²) >= 11 is 0. The number of hydrogen-bond donors (Lipinski definition) is 1. The molecule has 1 aromatic rings. The summed E-state index contributed by atoms with van der Waals surface area (Å²) in [5.41, 5.74) is 6.64. The van der Waals surface area contributed by atoms with E-state index in [1.54, 1.807) is 6.92 Å². The predicted molar refractivity (Wildman–Crippen MR) is 90.5 cm³/mol. The van der Waals surface area contributed by atoms with Crippen LogP contribution in [-0.2, 0) is 4.79 Å². The van der Waals surface area contributed by atoms with Crippen LogP contribution in [0.25, 0.3) is 0 Å². The maximum absolute atomic E-state index is 11.9. The fourth-order valence-corrected chi connectivity index (χ4v) is 2.44. The molecule has 0 radical (unpaired) electrons. The molecular formula is C15H26ClN5O. The molecule has 1 fully saturated rings. The molecule has 1 saturated heterocycles. The minimum atomic E-state index is -0.426. The number of aromatic nitrogens is 2. The predicted octanol–water partition coefficient (Wildman–Crippen LogP) is 1.33. The second-order valence-electron chi connectivity index (χ2n) is 5.98. The standard InChI is InChI=1S/C15H25N5O.ClH/c1-10(2)14-17-11(3)9-13(18-14)19-5-7-20(8-6-19)15(21)12(4)16;/h9-10,12H,5-8,16H2,1-4H3;1H. The van der Waals surface area contributed by atoms with Crippen molar-refractivity contribution < 1.29 is 4.79 Å². The highest BCUT2D eigenvalue weighted by Gasteiger charge is 2.24. The Morgan fingerprint density at radius 1 is 1.18 bits per heavy atom. The molecule has 1 aromatic heterocycles. The second kappa shape index (κ2) is 7.74. The molecule has 2 N–H and O–H groups in total. The summed E-state index contributed by atoms with van der Waals surface area (Å²) in [4.78, 5) is 25.1. The summed E-state index contributed by atoms with van der Waals surface area (Å²) in [6.45, 7) is 10.9. The third-order valence-electron chi connectivity index (χ3n) is 3.68. The molecule has 1 aliphatic rings. The van der Waals surface area contributed by atoms with Crippen LogP contribution in [0.5, 0.6) is 0 Å². The Kier molecular flexibility index (Phi) is 6.56. The van der Waals surface area contributed by atoms with Gasteiger partial charge in [-0.25, -0.2) is 9.97 Å². The van der Waals surface area contributed by atoms with E-state index in [2.05, 4.69) is 28.7 Å². The Bertz CT molecular complexity index is 513. The first-order valence-corrected chi connectivity index (χ1v) is 7.53. The monoisotopic (exact) mass is 327 g/mol. The number of anilines is 1. The number of hydrogen-bond acceptors (Lipinski definition) is 5. The van der Waals surface area contributed by atoms with Gasteiger partial charge in [0.2, 0.25) is 5.91 Å². The molecule has 1 amide bonds. The lowest BCUT2D eigenvalue weighted by atomic mass is 10.2. The van der Waals surface area contributed by atoms with Crippen LogP contribution in [0.4, 0.5) is 5.82 Å². The zero-order valence-corrected chi connectivity index (χ0v) is 14.6. The van der Waals surface area contributed by atoms with Crippen LogP contribution in [0, 0.1) is 6.92 Å².